The Kier molecular flexibility index (Phi) is 5.65. The number of amides is 2. The van der Waals surface area contributed by atoms with Crippen LogP contribution in [0, 0.1) is 6.92 Å². The van der Waals surface area contributed by atoms with Gasteiger partial charge in [0.15, 0.2) is 0 Å². The van der Waals surface area contributed by atoms with Gasteiger partial charge in [-0.25, -0.2) is 4.79 Å². The number of benzene rings is 1. The summed E-state index contributed by atoms with van der Waals surface area (Å²) in [5, 5.41) is 14.4. The Morgan fingerprint density at radius 1 is 1.22 bits per heavy atom. The number of urea groups is 1. The fourth-order valence-corrected chi connectivity index (χ4v) is 1.75. The SMILES string of the molecule is Cc1ccccc1CC(C)NC(=O)N[C@@H](C)CO. The highest BCUT2D eigenvalue weighted by Crippen LogP contribution is 2.09. The Morgan fingerprint density at radius 3 is 2.44 bits per heavy atom. The van der Waals surface area contributed by atoms with E-state index in [2.05, 4.69) is 29.7 Å². The Morgan fingerprint density at radius 2 is 1.83 bits per heavy atom. The molecule has 0 aliphatic carbocycles. The van der Waals surface area contributed by atoms with Gasteiger partial charge in [0.1, 0.15) is 0 Å². The van der Waals surface area contributed by atoms with Gasteiger partial charge in [0, 0.05) is 6.04 Å². The molecule has 0 bridgehead atoms. The molecule has 1 rings (SSSR count). The van der Waals surface area contributed by atoms with E-state index >= 15 is 0 Å². The van der Waals surface area contributed by atoms with Gasteiger partial charge in [-0.05, 0) is 38.3 Å². The van der Waals surface area contributed by atoms with E-state index in [4.69, 9.17) is 5.11 Å². The molecule has 0 aliphatic rings. The van der Waals surface area contributed by atoms with Crippen LogP contribution in [0.4, 0.5) is 4.79 Å². The smallest absolute Gasteiger partial charge is 0.315 e. The average molecular weight is 250 g/mol. The first-order chi connectivity index (χ1) is 8.52. The molecule has 0 spiro atoms. The number of aliphatic hydroxyl groups is 1. The Balaban J connectivity index is 2.44. The number of nitrogens with one attached hydrogen (secondary N) is 2. The van der Waals surface area contributed by atoms with Gasteiger partial charge in [-0.15, -0.1) is 0 Å². The monoisotopic (exact) mass is 250 g/mol. The Hall–Kier alpha value is -1.55. The summed E-state index contributed by atoms with van der Waals surface area (Å²) in [4.78, 5) is 11.6. The molecule has 4 nitrogen and oxygen atoms in total. The third kappa shape index (κ3) is 4.75. The highest BCUT2D eigenvalue weighted by Gasteiger charge is 2.10. The fraction of sp³-hybridized carbons (Fsp3) is 0.500. The molecule has 2 amide bonds. The predicted octanol–water partition coefficient (Wildman–Crippen LogP) is 1.61. The van der Waals surface area contributed by atoms with E-state index in [1.165, 1.54) is 11.1 Å². The molecule has 100 valence electrons. The second-order valence-electron chi connectivity index (χ2n) is 4.73. The first kappa shape index (κ1) is 14.5. The van der Waals surface area contributed by atoms with Crippen molar-refractivity contribution in [1.29, 1.82) is 0 Å². The zero-order chi connectivity index (χ0) is 13.5. The van der Waals surface area contributed by atoms with Gasteiger partial charge in [0.05, 0.1) is 12.6 Å². The van der Waals surface area contributed by atoms with Crippen LogP contribution in [0.25, 0.3) is 0 Å². The minimum atomic E-state index is -0.238. The van der Waals surface area contributed by atoms with Crippen LogP contribution in [-0.2, 0) is 6.42 Å². The minimum Gasteiger partial charge on any atom is -0.394 e. The predicted molar refractivity (Wildman–Crippen MR) is 72.6 cm³/mol. The molecule has 1 aromatic carbocycles. The zero-order valence-electron chi connectivity index (χ0n) is 11.2. The summed E-state index contributed by atoms with van der Waals surface area (Å²) in [6.07, 6.45) is 0.799. The van der Waals surface area contributed by atoms with Gasteiger partial charge in [-0.2, -0.15) is 0 Å². The summed E-state index contributed by atoms with van der Waals surface area (Å²) in [6, 6.07) is 7.73. The van der Waals surface area contributed by atoms with E-state index < -0.39 is 0 Å². The molecule has 0 fully saturated rings. The Bertz CT molecular complexity index is 393. The van der Waals surface area contributed by atoms with Crippen LogP contribution >= 0.6 is 0 Å². The Labute approximate surface area is 108 Å². The van der Waals surface area contributed by atoms with Gasteiger partial charge in [-0.1, -0.05) is 24.3 Å². The van der Waals surface area contributed by atoms with E-state index in [9.17, 15) is 4.79 Å². The lowest BCUT2D eigenvalue weighted by Crippen LogP contribution is -2.46. The fourth-order valence-electron chi connectivity index (χ4n) is 1.75. The van der Waals surface area contributed by atoms with Gasteiger partial charge in [-0.3, -0.25) is 0 Å². The summed E-state index contributed by atoms with van der Waals surface area (Å²) in [5.74, 6) is 0. The molecule has 0 heterocycles. The molecule has 0 aromatic heterocycles. The summed E-state index contributed by atoms with van der Waals surface area (Å²) < 4.78 is 0. The quantitative estimate of drug-likeness (QED) is 0.743. The molecular formula is C14H22N2O2. The van der Waals surface area contributed by atoms with E-state index in [0.29, 0.717) is 0 Å². The van der Waals surface area contributed by atoms with E-state index in [-0.39, 0.29) is 24.7 Å². The number of aryl methyl sites for hydroxylation is 1. The highest BCUT2D eigenvalue weighted by atomic mass is 16.3. The van der Waals surface area contributed by atoms with Gasteiger partial charge < -0.3 is 15.7 Å². The van der Waals surface area contributed by atoms with Crippen LogP contribution < -0.4 is 10.6 Å². The second-order valence-corrected chi connectivity index (χ2v) is 4.73. The number of hydrogen-bond acceptors (Lipinski definition) is 2. The van der Waals surface area contributed by atoms with Crippen LogP contribution in [-0.4, -0.2) is 29.8 Å². The first-order valence-electron chi connectivity index (χ1n) is 6.25. The van der Waals surface area contributed by atoms with Crippen LogP contribution in [0.1, 0.15) is 25.0 Å². The molecule has 1 unspecified atom stereocenters. The van der Waals surface area contributed by atoms with Crippen molar-refractivity contribution in [3.8, 4) is 0 Å². The maximum absolute atomic E-state index is 11.6. The molecule has 0 saturated heterocycles. The van der Waals surface area contributed by atoms with Gasteiger partial charge in [0.2, 0.25) is 0 Å². The van der Waals surface area contributed by atoms with E-state index in [1.54, 1.807) is 6.92 Å². The normalized spacial score (nSPS) is 13.8. The highest BCUT2D eigenvalue weighted by molar-refractivity contribution is 5.74. The molecule has 0 radical (unpaired) electrons. The van der Waals surface area contributed by atoms with Gasteiger partial charge in [0.25, 0.3) is 0 Å². The molecule has 18 heavy (non-hydrogen) atoms. The summed E-state index contributed by atoms with van der Waals surface area (Å²) in [6.45, 7) is 5.73. The van der Waals surface area contributed by atoms with Crippen molar-refractivity contribution < 1.29 is 9.90 Å². The van der Waals surface area contributed by atoms with Gasteiger partial charge >= 0.3 is 6.03 Å². The standard InChI is InChI=1S/C14H22N2O2/c1-10-6-4-5-7-13(10)8-11(2)15-14(18)16-12(3)9-17/h4-7,11-12,17H,8-9H2,1-3H3,(H2,15,16,18)/t11?,12-/m0/s1. The average Bonchev–Trinajstić information content (AvgIpc) is 2.31. The molecule has 4 heteroatoms. The number of carbonyl (C=O) groups excluding carboxylic acids is 1. The van der Waals surface area contributed by atoms with E-state index in [0.717, 1.165) is 6.42 Å². The molecule has 1 aromatic rings. The van der Waals surface area contributed by atoms with Crippen molar-refractivity contribution in [2.24, 2.45) is 0 Å². The van der Waals surface area contributed by atoms with E-state index in [1.807, 2.05) is 19.1 Å². The number of rotatable bonds is 5. The van der Waals surface area contributed by atoms with Crippen LogP contribution in [0.2, 0.25) is 0 Å². The summed E-state index contributed by atoms with van der Waals surface area (Å²) in [7, 11) is 0. The largest absolute Gasteiger partial charge is 0.394 e. The minimum absolute atomic E-state index is 0.0528. The molecule has 0 saturated carbocycles. The lowest BCUT2D eigenvalue weighted by Gasteiger charge is -2.17. The van der Waals surface area contributed by atoms with Crippen molar-refractivity contribution in [2.75, 3.05) is 6.61 Å². The van der Waals surface area contributed by atoms with Crippen molar-refractivity contribution in [3.63, 3.8) is 0 Å². The molecular weight excluding hydrogens is 228 g/mol. The topological polar surface area (TPSA) is 61.4 Å². The van der Waals surface area contributed by atoms with Crippen molar-refractivity contribution in [2.45, 2.75) is 39.3 Å². The molecule has 3 N–H and O–H groups in total. The lowest BCUT2D eigenvalue weighted by atomic mass is 10.0. The zero-order valence-corrected chi connectivity index (χ0v) is 11.2. The van der Waals surface area contributed by atoms with Crippen molar-refractivity contribution in [1.82, 2.24) is 10.6 Å². The summed E-state index contributed by atoms with van der Waals surface area (Å²) >= 11 is 0. The van der Waals surface area contributed by atoms with Crippen molar-refractivity contribution in [3.05, 3.63) is 35.4 Å². The maximum Gasteiger partial charge on any atom is 0.315 e. The summed E-state index contributed by atoms with van der Waals surface area (Å²) in [5.41, 5.74) is 2.47. The number of aliphatic hydroxyl groups excluding tert-OH is 1. The third-order valence-corrected chi connectivity index (χ3v) is 2.82. The first-order valence-corrected chi connectivity index (χ1v) is 6.25. The van der Waals surface area contributed by atoms with Crippen LogP contribution in [0.3, 0.4) is 0 Å². The lowest BCUT2D eigenvalue weighted by molar-refractivity contribution is 0.218. The second kappa shape index (κ2) is 7.01. The number of carbonyl (C=O) groups is 1. The third-order valence-electron chi connectivity index (χ3n) is 2.82. The molecule has 0 aliphatic heterocycles. The maximum atomic E-state index is 11.6. The van der Waals surface area contributed by atoms with Crippen LogP contribution in [0.15, 0.2) is 24.3 Å². The van der Waals surface area contributed by atoms with Crippen LogP contribution in [0.5, 0.6) is 0 Å². The van der Waals surface area contributed by atoms with Crippen molar-refractivity contribution >= 4 is 6.03 Å². The number of hydrogen-bond donors (Lipinski definition) is 3. The molecule has 2 atom stereocenters.